The molecule has 0 atom stereocenters. The first-order chi connectivity index (χ1) is 5.79. The molecule has 3 heteroatoms. The van der Waals surface area contributed by atoms with Gasteiger partial charge in [0, 0.05) is 5.56 Å². The molecule has 0 saturated heterocycles. The maximum Gasteiger partial charge on any atom is 0.147 e. The zero-order valence-corrected chi connectivity index (χ0v) is 7.42. The molecule has 0 bridgehead atoms. The van der Waals surface area contributed by atoms with E-state index in [1.165, 1.54) is 5.56 Å². The summed E-state index contributed by atoms with van der Waals surface area (Å²) in [5.41, 5.74) is 3.17. The van der Waals surface area contributed by atoms with E-state index in [2.05, 4.69) is 10.2 Å². The van der Waals surface area contributed by atoms with Gasteiger partial charge in [0.1, 0.15) is 11.4 Å². The molecule has 0 amide bonds. The topological polar surface area (TPSA) is 35.0 Å². The Morgan fingerprint density at radius 2 is 1.92 bits per heavy atom. The number of ether oxygens (including phenoxy) is 1. The number of hydrogen-bond donors (Lipinski definition) is 0. The lowest BCUT2D eigenvalue weighted by atomic mass is 10.1. The van der Waals surface area contributed by atoms with Crippen LogP contribution in [0.3, 0.4) is 0 Å². The Bertz CT molecular complexity index is 279. The van der Waals surface area contributed by atoms with E-state index in [4.69, 9.17) is 4.74 Å². The fourth-order valence-electron chi connectivity index (χ4n) is 1.55. The van der Waals surface area contributed by atoms with Crippen molar-refractivity contribution in [1.82, 2.24) is 10.2 Å². The minimum absolute atomic E-state index is 0.818. The molecule has 1 aromatic rings. The van der Waals surface area contributed by atoms with E-state index < -0.39 is 0 Å². The van der Waals surface area contributed by atoms with E-state index in [0.717, 1.165) is 36.6 Å². The van der Waals surface area contributed by atoms with Crippen LogP contribution in [0.5, 0.6) is 5.75 Å². The summed E-state index contributed by atoms with van der Waals surface area (Å²) in [7, 11) is 0. The maximum atomic E-state index is 5.53. The van der Waals surface area contributed by atoms with Gasteiger partial charge in [0.15, 0.2) is 0 Å². The van der Waals surface area contributed by atoms with E-state index in [1.807, 2.05) is 13.8 Å². The molecular weight excluding hydrogens is 152 g/mol. The molecule has 1 aromatic heterocycles. The summed E-state index contributed by atoms with van der Waals surface area (Å²) in [5.74, 6) is 0.966. The van der Waals surface area contributed by atoms with Crippen molar-refractivity contribution in [3.05, 3.63) is 17.0 Å². The lowest BCUT2D eigenvalue weighted by Crippen LogP contribution is -2.13. The maximum absolute atomic E-state index is 5.53. The van der Waals surface area contributed by atoms with Crippen LogP contribution in [0.25, 0.3) is 0 Å². The summed E-state index contributed by atoms with van der Waals surface area (Å²) in [4.78, 5) is 0. The fourth-order valence-corrected chi connectivity index (χ4v) is 1.55. The number of nitrogens with zero attached hydrogens (tertiary/aromatic N) is 2. The molecule has 2 rings (SSSR count). The normalized spacial score (nSPS) is 15.2. The molecule has 0 aromatic carbocycles. The average Bonchev–Trinajstić information content (AvgIpc) is 2.12. The highest BCUT2D eigenvalue weighted by Gasteiger charge is 2.16. The van der Waals surface area contributed by atoms with Crippen molar-refractivity contribution < 1.29 is 4.74 Å². The van der Waals surface area contributed by atoms with E-state index >= 15 is 0 Å². The van der Waals surface area contributed by atoms with Crippen LogP contribution >= 0.6 is 0 Å². The number of aromatic nitrogens is 2. The first-order valence-corrected chi connectivity index (χ1v) is 4.24. The lowest BCUT2D eigenvalue weighted by Gasteiger charge is -2.19. The lowest BCUT2D eigenvalue weighted by molar-refractivity contribution is 0.282. The van der Waals surface area contributed by atoms with Crippen molar-refractivity contribution in [2.45, 2.75) is 26.7 Å². The van der Waals surface area contributed by atoms with Gasteiger partial charge < -0.3 is 4.74 Å². The van der Waals surface area contributed by atoms with Gasteiger partial charge in [-0.2, -0.15) is 10.2 Å². The zero-order chi connectivity index (χ0) is 8.55. The second-order valence-electron chi connectivity index (χ2n) is 3.13. The quantitative estimate of drug-likeness (QED) is 0.581. The summed E-state index contributed by atoms with van der Waals surface area (Å²) in [6.07, 6.45) is 2.18. The van der Waals surface area contributed by atoms with Crippen LogP contribution in [-0.4, -0.2) is 16.8 Å². The smallest absolute Gasteiger partial charge is 0.147 e. The Kier molecular flexibility index (Phi) is 1.71. The van der Waals surface area contributed by atoms with Crippen LogP contribution in [-0.2, 0) is 6.42 Å². The Labute approximate surface area is 71.8 Å². The predicted octanol–water partition coefficient (Wildman–Crippen LogP) is 1.42. The molecule has 1 aliphatic rings. The highest BCUT2D eigenvalue weighted by molar-refractivity contribution is 5.39. The van der Waals surface area contributed by atoms with E-state index in [-0.39, 0.29) is 0 Å². The third-order valence-electron chi connectivity index (χ3n) is 2.21. The minimum atomic E-state index is 0.818. The van der Waals surface area contributed by atoms with Crippen molar-refractivity contribution in [2.24, 2.45) is 0 Å². The molecule has 0 radical (unpaired) electrons. The Morgan fingerprint density at radius 3 is 2.67 bits per heavy atom. The molecule has 0 unspecified atom stereocenters. The second-order valence-corrected chi connectivity index (χ2v) is 3.13. The third-order valence-corrected chi connectivity index (χ3v) is 2.21. The fraction of sp³-hybridized carbons (Fsp3) is 0.556. The SMILES string of the molecule is Cc1nnc(C)c2c1CCCO2. The number of aryl methyl sites for hydroxylation is 2. The standard InChI is InChI=1S/C9H12N2O/c1-6-8-4-3-5-12-9(8)7(2)11-10-6/h3-5H2,1-2H3. The van der Waals surface area contributed by atoms with Crippen molar-refractivity contribution >= 4 is 0 Å². The van der Waals surface area contributed by atoms with Crippen molar-refractivity contribution in [1.29, 1.82) is 0 Å². The molecule has 1 aliphatic heterocycles. The molecule has 3 nitrogen and oxygen atoms in total. The molecule has 0 aliphatic carbocycles. The van der Waals surface area contributed by atoms with Crippen LogP contribution in [0, 0.1) is 13.8 Å². The first kappa shape index (κ1) is 7.53. The minimum Gasteiger partial charge on any atom is -0.491 e. The van der Waals surface area contributed by atoms with E-state index in [0.29, 0.717) is 0 Å². The van der Waals surface area contributed by atoms with Crippen LogP contribution in [0.15, 0.2) is 0 Å². The number of hydrogen-bond acceptors (Lipinski definition) is 3. The van der Waals surface area contributed by atoms with Crippen molar-refractivity contribution in [2.75, 3.05) is 6.61 Å². The van der Waals surface area contributed by atoms with Gasteiger partial charge >= 0.3 is 0 Å². The molecular formula is C9H12N2O. The number of rotatable bonds is 0. The van der Waals surface area contributed by atoms with Gasteiger partial charge in [-0.3, -0.25) is 0 Å². The Morgan fingerprint density at radius 1 is 1.17 bits per heavy atom. The van der Waals surface area contributed by atoms with Gasteiger partial charge in [-0.15, -0.1) is 0 Å². The Balaban J connectivity index is 2.57. The van der Waals surface area contributed by atoms with Gasteiger partial charge in [0.25, 0.3) is 0 Å². The molecule has 0 fully saturated rings. The van der Waals surface area contributed by atoms with Gasteiger partial charge in [-0.1, -0.05) is 0 Å². The summed E-state index contributed by atoms with van der Waals surface area (Å²) in [6.45, 7) is 4.75. The molecule has 0 spiro atoms. The Hall–Kier alpha value is -1.12. The summed E-state index contributed by atoms with van der Waals surface area (Å²) < 4.78 is 5.53. The molecule has 2 heterocycles. The first-order valence-electron chi connectivity index (χ1n) is 4.24. The van der Waals surface area contributed by atoms with Crippen LogP contribution in [0.2, 0.25) is 0 Å². The van der Waals surface area contributed by atoms with Gasteiger partial charge in [-0.05, 0) is 26.7 Å². The van der Waals surface area contributed by atoms with Crippen LogP contribution in [0.1, 0.15) is 23.4 Å². The van der Waals surface area contributed by atoms with Crippen molar-refractivity contribution in [3.8, 4) is 5.75 Å². The zero-order valence-electron chi connectivity index (χ0n) is 7.42. The highest BCUT2D eigenvalue weighted by atomic mass is 16.5. The van der Waals surface area contributed by atoms with Crippen LogP contribution < -0.4 is 4.74 Å². The second kappa shape index (κ2) is 2.73. The van der Waals surface area contributed by atoms with Gasteiger partial charge in [-0.25, -0.2) is 0 Å². The van der Waals surface area contributed by atoms with Gasteiger partial charge in [0.05, 0.1) is 12.3 Å². The monoisotopic (exact) mass is 164 g/mol. The number of fused-ring (bicyclic) bond motifs is 1. The molecule has 12 heavy (non-hydrogen) atoms. The van der Waals surface area contributed by atoms with Crippen molar-refractivity contribution in [3.63, 3.8) is 0 Å². The average molecular weight is 164 g/mol. The third kappa shape index (κ3) is 1.05. The van der Waals surface area contributed by atoms with Crippen LogP contribution in [0.4, 0.5) is 0 Å². The molecule has 0 N–H and O–H groups in total. The van der Waals surface area contributed by atoms with E-state index in [9.17, 15) is 0 Å². The largest absolute Gasteiger partial charge is 0.491 e. The molecule has 0 saturated carbocycles. The summed E-state index contributed by atoms with van der Waals surface area (Å²) in [6, 6.07) is 0. The molecule has 64 valence electrons. The highest BCUT2D eigenvalue weighted by Crippen LogP contribution is 2.27. The van der Waals surface area contributed by atoms with E-state index in [1.54, 1.807) is 0 Å². The summed E-state index contributed by atoms with van der Waals surface area (Å²) >= 11 is 0. The van der Waals surface area contributed by atoms with Gasteiger partial charge in [0.2, 0.25) is 0 Å². The predicted molar refractivity (Wildman–Crippen MR) is 45.3 cm³/mol. The summed E-state index contributed by atoms with van der Waals surface area (Å²) in [5, 5.41) is 8.08.